The van der Waals surface area contributed by atoms with Crippen molar-refractivity contribution in [3.8, 4) is 0 Å². The summed E-state index contributed by atoms with van der Waals surface area (Å²) in [4.78, 5) is 15.5. The first-order valence-electron chi connectivity index (χ1n) is 1.45. The molecule has 0 saturated heterocycles. The van der Waals surface area contributed by atoms with E-state index in [1.54, 1.807) is 0 Å². The Labute approximate surface area is 99.8 Å². The van der Waals surface area contributed by atoms with Gasteiger partial charge in [0.05, 0.1) is 0 Å². The molecule has 12 heavy (non-hydrogen) atoms. The molecule has 3 N–H and O–H groups in total. The monoisotopic (exact) mass is 424 g/mol. The summed E-state index contributed by atoms with van der Waals surface area (Å²) in [6.07, 6.45) is 0. The van der Waals surface area contributed by atoms with Gasteiger partial charge in [0.2, 0.25) is 0 Å². The molecule has 7 nitrogen and oxygen atoms in total. The van der Waals surface area contributed by atoms with Crippen molar-refractivity contribution in [3.05, 3.63) is 0 Å². The molecule has 0 aromatic rings. The third kappa shape index (κ3) is 22.6. The van der Waals surface area contributed by atoms with E-state index in [1.807, 2.05) is 0 Å². The fourth-order valence-corrected chi connectivity index (χ4v) is 3.01. The molecule has 0 aromatic heterocycles. The van der Waals surface area contributed by atoms with Gasteiger partial charge in [0.1, 0.15) is 0 Å². The van der Waals surface area contributed by atoms with Gasteiger partial charge < -0.3 is 24.8 Å². The molecule has 0 aliphatic rings. The maximum Gasteiger partial charge on any atom is 2.00 e. The van der Waals surface area contributed by atoms with Crippen LogP contribution in [0.3, 0.4) is 0 Å². The van der Waals surface area contributed by atoms with Gasteiger partial charge in [-0.15, -0.1) is 0 Å². The smallest absolute Gasteiger partial charge is 1.00 e. The summed E-state index contributed by atoms with van der Waals surface area (Å²) in [6.45, 7) is 0. The van der Waals surface area contributed by atoms with Crippen molar-refractivity contribution in [2.45, 2.75) is 0 Å². The van der Waals surface area contributed by atoms with Gasteiger partial charge in [-0.05, 0) is 0 Å². The van der Waals surface area contributed by atoms with Gasteiger partial charge in [-0.1, -0.05) is 0 Å². The molecule has 0 unspecified atom stereocenters. The van der Waals surface area contributed by atoms with E-state index in [9.17, 15) is 11.4 Å². The molecule has 0 fully saturated rings. The molecular formula is H3Cl2MgO7PW. The number of rotatable bonds is 2. The zero-order valence-corrected chi connectivity index (χ0v) is 12.0. The standard InChI is InChI=1S/2ClH.Mg.H3O4P.H2O.2O.W/c;;;1-5(2,3)4;;;;/h2*1H;;(H3,1,2,3,4);1H2;;;/q;;+2;;;;;+2/p-4. The second kappa shape index (κ2) is 8.05. The summed E-state index contributed by atoms with van der Waals surface area (Å²) in [5.74, 6) is 0. The largest absolute Gasteiger partial charge is 2.00 e. The Hall–Kier alpha value is 1.70. The Balaban J connectivity index is -0.000000107. The van der Waals surface area contributed by atoms with E-state index in [2.05, 4.69) is 3.18 Å². The van der Waals surface area contributed by atoms with Gasteiger partial charge in [0, 0.05) is 0 Å². The third-order valence-corrected chi connectivity index (χ3v) is 4.70. The Kier molecular flexibility index (Phi) is 15.8. The molecule has 0 aromatic carbocycles. The Morgan fingerprint density at radius 1 is 1.17 bits per heavy atom. The van der Waals surface area contributed by atoms with Crippen LogP contribution in [-0.4, -0.2) is 36.6 Å². The summed E-state index contributed by atoms with van der Waals surface area (Å²) < 4.78 is 39.5. The summed E-state index contributed by atoms with van der Waals surface area (Å²) in [5.41, 5.74) is 0. The van der Waals surface area contributed by atoms with E-state index in [0.29, 0.717) is 0 Å². The normalized spacial score (nSPS) is 10.2. The van der Waals surface area contributed by atoms with Crippen LogP contribution < -0.4 is 24.8 Å². The molecule has 0 atom stereocenters. The van der Waals surface area contributed by atoms with Crippen LogP contribution in [0.15, 0.2) is 0 Å². The van der Waals surface area contributed by atoms with E-state index in [0.717, 1.165) is 0 Å². The molecule has 0 saturated carbocycles. The molecule has 0 rings (SSSR count). The topological polar surface area (TPSA) is 121 Å². The van der Waals surface area contributed by atoms with Crippen molar-refractivity contribution in [2.24, 2.45) is 0 Å². The fraction of sp³-hybridized carbons (Fsp3) is 0. The van der Waals surface area contributed by atoms with Crippen LogP contribution >= 0.6 is 7.82 Å². The SMILES string of the molecule is O=P(O)(O)[O][W](=[O])(=[O])[OH].[Cl-].[Cl-].[Mg+2]. The Morgan fingerprint density at radius 2 is 1.42 bits per heavy atom. The number of hydrogen-bond donors (Lipinski definition) is 3. The van der Waals surface area contributed by atoms with E-state index < -0.39 is 24.6 Å². The summed E-state index contributed by atoms with van der Waals surface area (Å²) in [6, 6.07) is 0. The van der Waals surface area contributed by atoms with Gasteiger partial charge in [-0.25, -0.2) is 0 Å². The average Bonchev–Trinajstić information content (AvgIpc) is 1.14. The second-order valence-electron chi connectivity index (χ2n) is 0.993. The molecule has 12 heteroatoms. The summed E-state index contributed by atoms with van der Waals surface area (Å²) in [7, 11) is -5.07. The first-order chi connectivity index (χ1) is 3.71. The van der Waals surface area contributed by atoms with E-state index in [1.165, 1.54) is 0 Å². The minimum Gasteiger partial charge on any atom is -1.00 e. The van der Waals surface area contributed by atoms with Gasteiger partial charge in [-0.3, -0.25) is 0 Å². The van der Waals surface area contributed by atoms with E-state index in [4.69, 9.17) is 13.5 Å². The van der Waals surface area contributed by atoms with E-state index in [-0.39, 0.29) is 47.9 Å². The van der Waals surface area contributed by atoms with Gasteiger partial charge >= 0.3 is 75.7 Å². The maximum atomic E-state index is 9.61. The van der Waals surface area contributed by atoms with Gasteiger partial charge in [0.25, 0.3) is 0 Å². The molecule has 0 bridgehead atoms. The molecule has 72 valence electrons. The van der Waals surface area contributed by atoms with Crippen molar-refractivity contribution >= 4 is 30.9 Å². The molecular weight excluding hydrogens is 422 g/mol. The predicted molar refractivity (Wildman–Crippen MR) is 22.5 cm³/mol. The van der Waals surface area contributed by atoms with Crippen LogP contribution in [-0.2, 0) is 31.3 Å². The maximum absolute atomic E-state index is 9.61. The van der Waals surface area contributed by atoms with Gasteiger partial charge in [0.15, 0.2) is 0 Å². The van der Waals surface area contributed by atoms with Gasteiger partial charge in [-0.2, -0.15) is 0 Å². The molecule has 0 spiro atoms. The van der Waals surface area contributed by atoms with E-state index >= 15 is 0 Å². The minimum atomic E-state index is -6.19. The fourth-order valence-electron chi connectivity index (χ4n) is 0.123. The summed E-state index contributed by atoms with van der Waals surface area (Å²) >= 11 is -6.19. The van der Waals surface area contributed by atoms with Crippen LogP contribution in [0.1, 0.15) is 0 Å². The number of halogens is 2. The van der Waals surface area contributed by atoms with Crippen molar-refractivity contribution in [1.82, 2.24) is 0 Å². The first kappa shape index (κ1) is 23.5. The zero-order chi connectivity index (χ0) is 7.71. The Morgan fingerprint density at radius 3 is 1.42 bits per heavy atom. The molecule has 0 aliphatic carbocycles. The molecule has 0 radical (unpaired) electrons. The number of hydrogen-bond acceptors (Lipinski definition) is 4. The third-order valence-electron chi connectivity index (χ3n) is 0.191. The zero-order valence-electron chi connectivity index (χ0n) is 5.29. The Bertz CT molecular complexity index is 228. The number of phosphoric acid groups is 1. The predicted octanol–water partition coefficient (Wildman–Crippen LogP) is -7.61. The molecule has 0 amide bonds. The van der Waals surface area contributed by atoms with Crippen LogP contribution in [0.4, 0.5) is 0 Å². The van der Waals surface area contributed by atoms with Crippen molar-refractivity contribution in [2.75, 3.05) is 0 Å². The van der Waals surface area contributed by atoms with Crippen molar-refractivity contribution < 1.29 is 69.6 Å². The first-order valence-corrected chi connectivity index (χ1v) is 7.88. The minimum absolute atomic E-state index is 0. The van der Waals surface area contributed by atoms with Crippen LogP contribution in [0.25, 0.3) is 0 Å². The van der Waals surface area contributed by atoms with Crippen LogP contribution in [0.2, 0.25) is 0 Å². The average molecular weight is 425 g/mol. The molecule has 0 heterocycles. The molecule has 0 aliphatic heterocycles. The van der Waals surface area contributed by atoms with Crippen LogP contribution in [0, 0.1) is 0 Å². The van der Waals surface area contributed by atoms with Crippen molar-refractivity contribution in [1.29, 1.82) is 0 Å². The van der Waals surface area contributed by atoms with Crippen LogP contribution in [0.5, 0.6) is 0 Å². The summed E-state index contributed by atoms with van der Waals surface area (Å²) in [5, 5.41) is 0. The second-order valence-corrected chi connectivity index (χ2v) is 6.80. The van der Waals surface area contributed by atoms with Crippen molar-refractivity contribution in [3.63, 3.8) is 0 Å². The quantitative estimate of drug-likeness (QED) is 0.297.